The number of rotatable bonds is 8. The molecule has 30 heavy (non-hydrogen) atoms. The van der Waals surface area contributed by atoms with Gasteiger partial charge in [-0.25, -0.2) is 9.37 Å². The van der Waals surface area contributed by atoms with Crippen LogP contribution in [-0.4, -0.2) is 49.0 Å². The predicted octanol–water partition coefficient (Wildman–Crippen LogP) is 4.06. The lowest BCUT2D eigenvalue weighted by Gasteiger charge is -2.20. The van der Waals surface area contributed by atoms with Gasteiger partial charge in [0.2, 0.25) is 5.95 Å². The number of carbonyl (C=O) groups excluding carboxylic acids is 1. The van der Waals surface area contributed by atoms with Crippen molar-refractivity contribution in [2.45, 2.75) is 45.6 Å². The van der Waals surface area contributed by atoms with Crippen LogP contribution in [0.15, 0.2) is 30.5 Å². The predicted molar refractivity (Wildman–Crippen MR) is 117 cm³/mol. The van der Waals surface area contributed by atoms with Gasteiger partial charge in [-0.2, -0.15) is 4.98 Å². The zero-order valence-electron chi connectivity index (χ0n) is 18.4. The Balaban J connectivity index is 1.61. The minimum atomic E-state index is -0.425. The number of ether oxygens (including phenoxy) is 1. The number of hydrogen-bond donors (Lipinski definition) is 0. The third-order valence-electron chi connectivity index (χ3n) is 5.33. The number of ketones is 1. The highest BCUT2D eigenvalue weighted by atomic mass is 19.1. The molecule has 1 saturated heterocycles. The number of halogens is 1. The standard InChI is InChI=1S/C23H31FN4O2/c1-15(2)12-21(29)16(3)17-6-8-18(9-7-17)30-19-10-11-28(14-19)22-20(24)13-25-23(26-22)27(4)5/h6-9,13,15-16,19H,10-12,14H2,1-5H3/t16?,19-/m1/s1. The Morgan fingerprint density at radius 3 is 2.60 bits per heavy atom. The Bertz CT molecular complexity index is 870. The van der Waals surface area contributed by atoms with E-state index >= 15 is 0 Å². The number of anilines is 2. The first kappa shape index (κ1) is 22.0. The highest BCUT2D eigenvalue weighted by Crippen LogP contribution is 2.27. The molecule has 0 N–H and O–H groups in total. The largest absolute Gasteiger partial charge is 0.489 e. The summed E-state index contributed by atoms with van der Waals surface area (Å²) in [6.07, 6.45) is 2.54. The van der Waals surface area contributed by atoms with Crippen molar-refractivity contribution in [1.29, 1.82) is 0 Å². The number of Topliss-reactive ketones (excluding diaryl/α,β-unsaturated/α-hetero) is 1. The number of benzene rings is 1. The minimum Gasteiger partial charge on any atom is -0.489 e. The van der Waals surface area contributed by atoms with E-state index in [1.54, 1.807) is 4.90 Å². The second-order valence-electron chi connectivity index (χ2n) is 8.57. The van der Waals surface area contributed by atoms with Crippen molar-refractivity contribution < 1.29 is 13.9 Å². The van der Waals surface area contributed by atoms with Crippen LogP contribution in [0.2, 0.25) is 0 Å². The van der Waals surface area contributed by atoms with E-state index < -0.39 is 5.82 Å². The third kappa shape index (κ3) is 5.26. The summed E-state index contributed by atoms with van der Waals surface area (Å²) in [5.74, 6) is 1.63. The average Bonchev–Trinajstić information content (AvgIpc) is 3.15. The number of nitrogens with zero attached hydrogens (tertiary/aromatic N) is 4. The molecule has 7 heteroatoms. The molecule has 162 valence electrons. The lowest BCUT2D eigenvalue weighted by molar-refractivity contribution is -0.120. The average molecular weight is 415 g/mol. The molecule has 2 heterocycles. The fourth-order valence-electron chi connectivity index (χ4n) is 3.60. The van der Waals surface area contributed by atoms with Crippen molar-refractivity contribution in [1.82, 2.24) is 9.97 Å². The summed E-state index contributed by atoms with van der Waals surface area (Å²) in [6, 6.07) is 7.73. The molecule has 0 amide bonds. The number of hydrogen-bond acceptors (Lipinski definition) is 6. The van der Waals surface area contributed by atoms with Gasteiger partial charge in [-0.05, 0) is 23.6 Å². The summed E-state index contributed by atoms with van der Waals surface area (Å²) in [5, 5.41) is 0. The fourth-order valence-corrected chi connectivity index (χ4v) is 3.60. The van der Waals surface area contributed by atoms with Crippen molar-refractivity contribution in [2.75, 3.05) is 37.0 Å². The van der Waals surface area contributed by atoms with E-state index in [1.807, 2.05) is 50.2 Å². The third-order valence-corrected chi connectivity index (χ3v) is 5.33. The lowest BCUT2D eigenvalue weighted by atomic mass is 9.92. The van der Waals surface area contributed by atoms with E-state index in [1.165, 1.54) is 6.20 Å². The van der Waals surface area contributed by atoms with Crippen LogP contribution in [-0.2, 0) is 4.79 Å². The van der Waals surface area contributed by atoms with Gasteiger partial charge in [-0.3, -0.25) is 4.79 Å². The minimum absolute atomic E-state index is 0.0481. The van der Waals surface area contributed by atoms with Crippen LogP contribution in [0.3, 0.4) is 0 Å². The van der Waals surface area contributed by atoms with E-state index in [-0.39, 0.29) is 17.8 Å². The second-order valence-corrected chi connectivity index (χ2v) is 8.57. The second kappa shape index (κ2) is 9.41. The Kier molecular flexibility index (Phi) is 6.90. The van der Waals surface area contributed by atoms with Crippen LogP contribution < -0.4 is 14.5 Å². The Morgan fingerprint density at radius 1 is 1.27 bits per heavy atom. The first-order chi connectivity index (χ1) is 14.2. The molecule has 0 bridgehead atoms. The molecule has 1 aliphatic rings. The van der Waals surface area contributed by atoms with Gasteiger partial charge in [0, 0.05) is 39.4 Å². The maximum Gasteiger partial charge on any atom is 0.226 e. The van der Waals surface area contributed by atoms with Crippen LogP contribution in [0.25, 0.3) is 0 Å². The van der Waals surface area contributed by atoms with Crippen LogP contribution in [0.1, 0.15) is 45.1 Å². The van der Waals surface area contributed by atoms with Gasteiger partial charge in [-0.1, -0.05) is 32.9 Å². The zero-order valence-corrected chi connectivity index (χ0v) is 18.4. The van der Waals surface area contributed by atoms with Gasteiger partial charge in [0.1, 0.15) is 17.6 Å². The van der Waals surface area contributed by atoms with E-state index in [0.29, 0.717) is 37.2 Å². The number of carbonyl (C=O) groups is 1. The fraction of sp³-hybridized carbons (Fsp3) is 0.522. The van der Waals surface area contributed by atoms with Crippen molar-refractivity contribution in [3.8, 4) is 5.75 Å². The maximum absolute atomic E-state index is 14.2. The summed E-state index contributed by atoms with van der Waals surface area (Å²) in [4.78, 5) is 24.3. The molecule has 1 unspecified atom stereocenters. The smallest absolute Gasteiger partial charge is 0.226 e. The first-order valence-electron chi connectivity index (χ1n) is 10.5. The van der Waals surface area contributed by atoms with E-state index in [0.717, 1.165) is 17.7 Å². The molecule has 1 aromatic carbocycles. The quantitative estimate of drug-likeness (QED) is 0.649. The van der Waals surface area contributed by atoms with E-state index in [9.17, 15) is 9.18 Å². The molecule has 1 aliphatic heterocycles. The van der Waals surface area contributed by atoms with Crippen LogP contribution >= 0.6 is 0 Å². The molecule has 1 aromatic heterocycles. The SMILES string of the molecule is CC(C)CC(=O)C(C)c1ccc(O[C@@H]2CCN(c3nc(N(C)C)ncc3F)C2)cc1. The molecule has 1 fully saturated rings. The van der Waals surface area contributed by atoms with Crippen molar-refractivity contribution >= 4 is 17.5 Å². The summed E-state index contributed by atoms with van der Waals surface area (Å²) >= 11 is 0. The van der Waals surface area contributed by atoms with Crippen LogP contribution in [0, 0.1) is 11.7 Å². The van der Waals surface area contributed by atoms with E-state index in [4.69, 9.17) is 4.74 Å². The van der Waals surface area contributed by atoms with Crippen molar-refractivity contribution in [3.05, 3.63) is 41.8 Å². The Hall–Kier alpha value is -2.70. The molecule has 6 nitrogen and oxygen atoms in total. The number of aromatic nitrogens is 2. The molecule has 0 spiro atoms. The van der Waals surface area contributed by atoms with Crippen LogP contribution in [0.4, 0.5) is 16.2 Å². The first-order valence-corrected chi connectivity index (χ1v) is 10.5. The summed E-state index contributed by atoms with van der Waals surface area (Å²) in [7, 11) is 3.65. The normalized spacial score (nSPS) is 17.3. The lowest BCUT2D eigenvalue weighted by Crippen LogP contribution is -2.27. The topological polar surface area (TPSA) is 58.6 Å². The molecule has 2 aromatic rings. The van der Waals surface area contributed by atoms with Gasteiger partial charge >= 0.3 is 0 Å². The highest BCUT2D eigenvalue weighted by molar-refractivity contribution is 5.85. The van der Waals surface area contributed by atoms with Gasteiger partial charge < -0.3 is 14.5 Å². The van der Waals surface area contributed by atoms with Gasteiger partial charge in [0.25, 0.3) is 0 Å². The monoisotopic (exact) mass is 414 g/mol. The summed E-state index contributed by atoms with van der Waals surface area (Å²) < 4.78 is 20.4. The van der Waals surface area contributed by atoms with Crippen molar-refractivity contribution in [3.63, 3.8) is 0 Å². The molecule has 0 saturated carbocycles. The zero-order chi connectivity index (χ0) is 21.8. The van der Waals surface area contributed by atoms with Gasteiger partial charge in [0.15, 0.2) is 11.6 Å². The van der Waals surface area contributed by atoms with Gasteiger partial charge in [0.05, 0.1) is 12.7 Å². The van der Waals surface area contributed by atoms with E-state index in [2.05, 4.69) is 23.8 Å². The van der Waals surface area contributed by atoms with Gasteiger partial charge in [-0.15, -0.1) is 0 Å². The summed E-state index contributed by atoms with van der Waals surface area (Å²) in [5.41, 5.74) is 1.00. The summed E-state index contributed by atoms with van der Waals surface area (Å²) in [6.45, 7) is 7.30. The van der Waals surface area contributed by atoms with Crippen LogP contribution in [0.5, 0.6) is 5.75 Å². The highest BCUT2D eigenvalue weighted by Gasteiger charge is 2.28. The molecular weight excluding hydrogens is 383 g/mol. The molecular formula is C23H31FN4O2. The Morgan fingerprint density at radius 2 is 1.97 bits per heavy atom. The molecule has 0 radical (unpaired) electrons. The Labute approximate surface area is 178 Å². The van der Waals surface area contributed by atoms with Crippen molar-refractivity contribution in [2.24, 2.45) is 5.92 Å². The molecule has 3 rings (SSSR count). The molecule has 2 atom stereocenters. The maximum atomic E-state index is 14.2. The molecule has 0 aliphatic carbocycles.